The van der Waals surface area contributed by atoms with Crippen LogP contribution in [0.25, 0.3) is 0 Å². The van der Waals surface area contributed by atoms with Crippen molar-refractivity contribution in [1.29, 1.82) is 0 Å². The standard InChI is InChI=1S/C16H19NO3/c1-9-3-4-10(2)14-13(9)15(19)17(16(14)20)11-5-7-12(18)8-6-11/h3-4,11-12,18H,5-8H2,1-2H3. The van der Waals surface area contributed by atoms with E-state index in [0.29, 0.717) is 36.8 Å². The van der Waals surface area contributed by atoms with Gasteiger partial charge in [0.15, 0.2) is 0 Å². The van der Waals surface area contributed by atoms with Crippen molar-refractivity contribution in [2.45, 2.75) is 51.7 Å². The Morgan fingerprint density at radius 2 is 1.40 bits per heavy atom. The number of rotatable bonds is 1. The Morgan fingerprint density at radius 3 is 1.85 bits per heavy atom. The third kappa shape index (κ3) is 1.86. The Balaban J connectivity index is 1.98. The summed E-state index contributed by atoms with van der Waals surface area (Å²) in [5, 5.41) is 9.57. The Kier molecular flexibility index (Phi) is 3.13. The number of carbonyl (C=O) groups is 2. The second-order valence-corrected chi connectivity index (χ2v) is 5.89. The summed E-state index contributed by atoms with van der Waals surface area (Å²) in [6.45, 7) is 3.75. The Hall–Kier alpha value is -1.68. The van der Waals surface area contributed by atoms with Crippen LogP contribution in [0.5, 0.6) is 0 Å². The van der Waals surface area contributed by atoms with Crippen molar-refractivity contribution in [3.63, 3.8) is 0 Å². The number of nitrogens with zero attached hydrogens (tertiary/aromatic N) is 1. The van der Waals surface area contributed by atoms with Gasteiger partial charge in [0, 0.05) is 6.04 Å². The van der Waals surface area contributed by atoms with Crippen LogP contribution >= 0.6 is 0 Å². The molecule has 2 aliphatic rings. The largest absolute Gasteiger partial charge is 0.393 e. The number of aliphatic hydroxyl groups excluding tert-OH is 1. The fourth-order valence-corrected chi connectivity index (χ4v) is 3.34. The summed E-state index contributed by atoms with van der Waals surface area (Å²) in [6.07, 6.45) is 2.44. The van der Waals surface area contributed by atoms with Gasteiger partial charge < -0.3 is 5.11 Å². The zero-order valence-corrected chi connectivity index (χ0v) is 11.8. The number of imide groups is 1. The van der Waals surface area contributed by atoms with E-state index in [4.69, 9.17) is 0 Å². The molecule has 0 unspecified atom stereocenters. The maximum atomic E-state index is 12.6. The molecule has 1 aromatic rings. The van der Waals surface area contributed by atoms with Crippen molar-refractivity contribution in [3.8, 4) is 0 Å². The highest BCUT2D eigenvalue weighted by molar-refractivity contribution is 6.22. The fraction of sp³-hybridized carbons (Fsp3) is 0.500. The monoisotopic (exact) mass is 273 g/mol. The van der Waals surface area contributed by atoms with Gasteiger partial charge in [0.1, 0.15) is 0 Å². The van der Waals surface area contributed by atoms with E-state index < -0.39 is 0 Å². The molecular formula is C16H19NO3. The molecule has 4 nitrogen and oxygen atoms in total. The maximum Gasteiger partial charge on any atom is 0.262 e. The molecule has 0 radical (unpaired) electrons. The molecule has 0 saturated heterocycles. The predicted molar refractivity (Wildman–Crippen MR) is 74.7 cm³/mol. The minimum Gasteiger partial charge on any atom is -0.393 e. The first kappa shape index (κ1) is 13.3. The van der Waals surface area contributed by atoms with Crippen molar-refractivity contribution < 1.29 is 14.7 Å². The Morgan fingerprint density at radius 1 is 0.950 bits per heavy atom. The van der Waals surface area contributed by atoms with Gasteiger partial charge in [0.05, 0.1) is 17.2 Å². The van der Waals surface area contributed by atoms with E-state index in [1.807, 2.05) is 26.0 Å². The Labute approximate surface area is 118 Å². The van der Waals surface area contributed by atoms with E-state index in [1.54, 1.807) is 0 Å². The van der Waals surface area contributed by atoms with Crippen molar-refractivity contribution in [2.24, 2.45) is 0 Å². The summed E-state index contributed by atoms with van der Waals surface area (Å²) in [5.74, 6) is -0.319. The maximum absolute atomic E-state index is 12.6. The van der Waals surface area contributed by atoms with E-state index in [-0.39, 0.29) is 24.0 Å². The molecule has 3 rings (SSSR count). The molecule has 1 fully saturated rings. The van der Waals surface area contributed by atoms with Crippen LogP contribution in [-0.4, -0.2) is 34.0 Å². The number of aryl methyl sites for hydroxylation is 2. The van der Waals surface area contributed by atoms with Crippen molar-refractivity contribution >= 4 is 11.8 Å². The van der Waals surface area contributed by atoms with Gasteiger partial charge in [0.2, 0.25) is 0 Å². The molecule has 1 N–H and O–H groups in total. The molecular weight excluding hydrogens is 254 g/mol. The highest BCUT2D eigenvalue weighted by atomic mass is 16.3. The van der Waals surface area contributed by atoms with Crippen LogP contribution in [0.3, 0.4) is 0 Å². The topological polar surface area (TPSA) is 57.6 Å². The van der Waals surface area contributed by atoms with E-state index in [2.05, 4.69) is 0 Å². The van der Waals surface area contributed by atoms with E-state index in [9.17, 15) is 14.7 Å². The molecule has 1 aliphatic carbocycles. The number of hydrogen-bond donors (Lipinski definition) is 1. The zero-order chi connectivity index (χ0) is 14.4. The molecule has 0 aromatic heterocycles. The van der Waals surface area contributed by atoms with E-state index in [0.717, 1.165) is 11.1 Å². The third-order valence-corrected chi connectivity index (χ3v) is 4.52. The molecule has 1 aliphatic heterocycles. The number of hydrogen-bond acceptors (Lipinski definition) is 3. The lowest BCUT2D eigenvalue weighted by atomic mass is 9.92. The Bertz CT molecular complexity index is 545. The number of carbonyl (C=O) groups excluding carboxylic acids is 2. The van der Waals surface area contributed by atoms with Crippen LogP contribution in [0.2, 0.25) is 0 Å². The lowest BCUT2D eigenvalue weighted by Gasteiger charge is -2.31. The van der Waals surface area contributed by atoms with Crippen molar-refractivity contribution in [1.82, 2.24) is 4.90 Å². The average molecular weight is 273 g/mol. The average Bonchev–Trinajstić information content (AvgIpc) is 2.69. The van der Waals surface area contributed by atoms with Gasteiger partial charge in [-0.1, -0.05) is 12.1 Å². The van der Waals surface area contributed by atoms with Gasteiger partial charge in [-0.15, -0.1) is 0 Å². The van der Waals surface area contributed by atoms with Gasteiger partial charge >= 0.3 is 0 Å². The minimum absolute atomic E-state index is 0.0652. The first-order valence-electron chi connectivity index (χ1n) is 7.17. The van der Waals surface area contributed by atoms with Crippen LogP contribution in [0.4, 0.5) is 0 Å². The molecule has 0 bridgehead atoms. The van der Waals surface area contributed by atoms with Crippen LogP contribution in [0, 0.1) is 13.8 Å². The molecule has 0 spiro atoms. The number of amides is 2. The molecule has 1 heterocycles. The lowest BCUT2D eigenvalue weighted by Crippen LogP contribution is -2.42. The van der Waals surface area contributed by atoms with Crippen LogP contribution < -0.4 is 0 Å². The lowest BCUT2D eigenvalue weighted by molar-refractivity contribution is 0.0449. The first-order chi connectivity index (χ1) is 9.50. The third-order valence-electron chi connectivity index (χ3n) is 4.52. The summed E-state index contributed by atoms with van der Waals surface area (Å²) in [7, 11) is 0. The molecule has 4 heteroatoms. The highest BCUT2D eigenvalue weighted by Gasteiger charge is 2.42. The van der Waals surface area contributed by atoms with Gasteiger partial charge in [-0.3, -0.25) is 14.5 Å². The van der Waals surface area contributed by atoms with Gasteiger partial charge in [-0.2, -0.15) is 0 Å². The summed E-state index contributed by atoms with van der Waals surface area (Å²) < 4.78 is 0. The van der Waals surface area contributed by atoms with E-state index >= 15 is 0 Å². The highest BCUT2D eigenvalue weighted by Crippen LogP contribution is 2.33. The summed E-state index contributed by atoms with van der Waals surface area (Å²) in [5.41, 5.74) is 2.87. The van der Waals surface area contributed by atoms with Crippen LogP contribution in [0.15, 0.2) is 12.1 Å². The molecule has 1 saturated carbocycles. The second-order valence-electron chi connectivity index (χ2n) is 5.89. The number of benzene rings is 1. The minimum atomic E-state index is -0.287. The van der Waals surface area contributed by atoms with E-state index in [1.165, 1.54) is 4.90 Å². The molecule has 0 atom stereocenters. The summed E-state index contributed by atoms with van der Waals surface area (Å²) in [6, 6.07) is 3.73. The van der Waals surface area contributed by atoms with Gasteiger partial charge in [-0.05, 0) is 50.7 Å². The van der Waals surface area contributed by atoms with Crippen LogP contribution in [-0.2, 0) is 0 Å². The zero-order valence-electron chi connectivity index (χ0n) is 11.8. The van der Waals surface area contributed by atoms with Gasteiger partial charge in [0.25, 0.3) is 11.8 Å². The normalized spacial score (nSPS) is 26.1. The predicted octanol–water partition coefficient (Wildman–Crippen LogP) is 2.20. The fourth-order valence-electron chi connectivity index (χ4n) is 3.34. The number of fused-ring (bicyclic) bond motifs is 1. The SMILES string of the molecule is Cc1ccc(C)c2c1C(=O)N(C1CCC(O)CC1)C2=O. The summed E-state index contributed by atoms with van der Waals surface area (Å²) in [4.78, 5) is 26.6. The number of aliphatic hydroxyl groups is 1. The van der Waals surface area contributed by atoms with Crippen LogP contribution in [0.1, 0.15) is 57.5 Å². The van der Waals surface area contributed by atoms with Gasteiger partial charge in [-0.25, -0.2) is 0 Å². The second kappa shape index (κ2) is 4.70. The smallest absolute Gasteiger partial charge is 0.262 e. The molecule has 2 amide bonds. The molecule has 1 aromatic carbocycles. The molecule has 20 heavy (non-hydrogen) atoms. The quantitative estimate of drug-likeness (QED) is 0.798. The van der Waals surface area contributed by atoms with Crippen molar-refractivity contribution in [2.75, 3.05) is 0 Å². The van der Waals surface area contributed by atoms with Crippen molar-refractivity contribution in [3.05, 3.63) is 34.4 Å². The molecule has 106 valence electrons. The first-order valence-corrected chi connectivity index (χ1v) is 7.17. The summed E-state index contributed by atoms with van der Waals surface area (Å²) >= 11 is 0.